The van der Waals surface area contributed by atoms with Crippen molar-refractivity contribution in [2.24, 2.45) is 0 Å². The van der Waals surface area contributed by atoms with Crippen molar-refractivity contribution < 1.29 is 0 Å². The molecule has 0 atom stereocenters. The molecule has 0 saturated carbocycles. The minimum Gasteiger partial charge on any atom is -0.376 e. The summed E-state index contributed by atoms with van der Waals surface area (Å²) in [5, 5.41) is 0. The third-order valence-corrected chi connectivity index (χ3v) is 13.8. The first kappa shape index (κ1) is 41.1. The fourth-order valence-electron chi connectivity index (χ4n) is 10.4. The summed E-state index contributed by atoms with van der Waals surface area (Å²) in [6.45, 7) is 6.88. The van der Waals surface area contributed by atoms with Crippen molar-refractivity contribution in [3.63, 3.8) is 0 Å². The zero-order valence-electron chi connectivity index (χ0n) is 38.6. The molecular weight excluding hydrogens is 822 g/mol. The predicted molar refractivity (Wildman–Crippen MR) is 290 cm³/mol. The van der Waals surface area contributed by atoms with Gasteiger partial charge in [0, 0.05) is 51.1 Å². The molecule has 68 heavy (non-hydrogen) atoms. The molecule has 0 spiro atoms. The van der Waals surface area contributed by atoms with Crippen molar-refractivity contribution in [1.29, 1.82) is 0 Å². The molecule has 324 valence electrons. The molecule has 0 unspecified atom stereocenters. The fraction of sp³-hybridized carbons (Fsp3) is 0.0625. The van der Waals surface area contributed by atoms with Crippen LogP contribution in [0.1, 0.15) is 26.3 Å². The fourth-order valence-corrected chi connectivity index (χ4v) is 10.4. The van der Waals surface area contributed by atoms with Crippen molar-refractivity contribution >= 4 is 63.3 Å². The topological polar surface area (TPSA) is 9.72 Å². The Kier molecular flexibility index (Phi) is 10.2. The summed E-state index contributed by atoms with van der Waals surface area (Å²) >= 11 is 0. The molecule has 10 aromatic rings. The molecule has 0 bridgehead atoms. The van der Waals surface area contributed by atoms with Crippen LogP contribution >= 0.6 is 0 Å². The first-order valence-electron chi connectivity index (χ1n) is 23.7. The summed E-state index contributed by atoms with van der Waals surface area (Å²) in [7, 11) is 0. The standard InChI is InChI=1S/C64H50BN3/c1-64(2,3)51-42-58-57-44-56(66(52-25-15-7-16-26-52)53-27-17-8-18-28-53)38-40-60(57)68(55-36-31-49(32-37-55)46-21-11-5-12-22-46)65-59-41-50(47-23-13-6-14-24-47)33-39-61(59)67(62(43-51)63(58)65)54-34-29-48(30-35-54)45-19-9-4-10-20-45/h4-44H,1-3H3. The van der Waals surface area contributed by atoms with Gasteiger partial charge in [0.05, 0.1) is 0 Å². The van der Waals surface area contributed by atoms with Gasteiger partial charge in [-0.25, -0.2) is 0 Å². The van der Waals surface area contributed by atoms with E-state index in [1.54, 1.807) is 0 Å². The summed E-state index contributed by atoms with van der Waals surface area (Å²) in [5.41, 5.74) is 22.5. The molecule has 3 nitrogen and oxygen atoms in total. The number of fused-ring (bicyclic) bond motifs is 4. The van der Waals surface area contributed by atoms with Gasteiger partial charge in [-0.05, 0) is 140 Å². The van der Waals surface area contributed by atoms with Gasteiger partial charge >= 0.3 is 6.85 Å². The van der Waals surface area contributed by atoms with E-state index >= 15 is 0 Å². The predicted octanol–water partition coefficient (Wildman–Crippen LogP) is 16.2. The van der Waals surface area contributed by atoms with Crippen LogP contribution in [0.15, 0.2) is 249 Å². The maximum atomic E-state index is 2.62. The van der Waals surface area contributed by atoms with E-state index in [4.69, 9.17) is 0 Å². The van der Waals surface area contributed by atoms with E-state index in [1.165, 1.54) is 78.1 Å². The Bertz CT molecular complexity index is 3370. The summed E-state index contributed by atoms with van der Waals surface area (Å²) in [5.74, 6) is 0. The number of nitrogens with zero attached hydrogens (tertiary/aromatic N) is 3. The maximum absolute atomic E-state index is 2.62. The van der Waals surface area contributed by atoms with Crippen LogP contribution in [0, 0.1) is 0 Å². The third-order valence-electron chi connectivity index (χ3n) is 13.8. The van der Waals surface area contributed by atoms with Crippen LogP contribution in [0.4, 0.5) is 45.5 Å². The number of benzene rings is 10. The van der Waals surface area contributed by atoms with Crippen molar-refractivity contribution in [3.05, 3.63) is 254 Å². The quantitative estimate of drug-likeness (QED) is 0.141. The summed E-state index contributed by atoms with van der Waals surface area (Å²) in [4.78, 5) is 7.54. The molecule has 0 fully saturated rings. The molecule has 2 heterocycles. The first-order chi connectivity index (χ1) is 33.4. The number of hydrogen-bond donors (Lipinski definition) is 0. The minimum atomic E-state index is -0.146. The van der Waals surface area contributed by atoms with Crippen LogP contribution < -0.4 is 25.5 Å². The highest BCUT2D eigenvalue weighted by Gasteiger charge is 2.46. The Balaban J connectivity index is 1.15. The highest BCUT2D eigenvalue weighted by atomic mass is 15.2. The SMILES string of the molecule is CC(C)(C)c1cc2c3c(c1)N(c1ccc(-c4ccccc4)cc1)c1ccc(-c4ccccc4)cc1B3N(c1ccc(-c3ccccc3)cc1)c1ccc(N(c3ccccc3)c3ccccc3)cc1-2. The second-order valence-corrected chi connectivity index (χ2v) is 19.0. The molecule has 2 aliphatic heterocycles. The van der Waals surface area contributed by atoms with Crippen LogP contribution in [0.3, 0.4) is 0 Å². The average Bonchev–Trinajstić information content (AvgIpc) is 3.40. The second kappa shape index (κ2) is 16.8. The van der Waals surface area contributed by atoms with E-state index < -0.39 is 0 Å². The number of anilines is 8. The van der Waals surface area contributed by atoms with Gasteiger partial charge in [-0.1, -0.05) is 191 Å². The second-order valence-electron chi connectivity index (χ2n) is 19.0. The Morgan fingerprint density at radius 1 is 0.353 bits per heavy atom. The number of hydrogen-bond acceptors (Lipinski definition) is 3. The van der Waals surface area contributed by atoms with Gasteiger partial charge in [0.2, 0.25) is 0 Å². The van der Waals surface area contributed by atoms with Crippen LogP contribution in [0.25, 0.3) is 44.5 Å². The average molecular weight is 872 g/mol. The monoisotopic (exact) mass is 871 g/mol. The van der Waals surface area contributed by atoms with Gasteiger partial charge in [-0.3, -0.25) is 0 Å². The number of para-hydroxylation sites is 2. The van der Waals surface area contributed by atoms with E-state index in [9.17, 15) is 0 Å². The lowest BCUT2D eigenvalue weighted by atomic mass is 9.43. The number of rotatable bonds is 8. The molecule has 10 aromatic carbocycles. The molecule has 0 amide bonds. The van der Waals surface area contributed by atoms with Gasteiger partial charge in [-0.15, -0.1) is 0 Å². The third kappa shape index (κ3) is 7.26. The lowest BCUT2D eigenvalue weighted by Gasteiger charge is -2.46. The Hall–Kier alpha value is -8.34. The van der Waals surface area contributed by atoms with Crippen molar-refractivity contribution in [3.8, 4) is 44.5 Å². The minimum absolute atomic E-state index is 0.135. The van der Waals surface area contributed by atoms with E-state index in [2.05, 4.69) is 284 Å². The summed E-state index contributed by atoms with van der Waals surface area (Å²) in [6.07, 6.45) is 0. The first-order valence-corrected chi connectivity index (χ1v) is 23.7. The highest BCUT2D eigenvalue weighted by Crippen LogP contribution is 2.50. The van der Waals surface area contributed by atoms with Gasteiger partial charge in [-0.2, -0.15) is 0 Å². The Morgan fingerprint density at radius 3 is 1.34 bits per heavy atom. The van der Waals surface area contributed by atoms with Gasteiger partial charge in [0.1, 0.15) is 0 Å². The van der Waals surface area contributed by atoms with Crippen molar-refractivity contribution in [2.45, 2.75) is 26.2 Å². The van der Waals surface area contributed by atoms with Crippen LogP contribution in [-0.4, -0.2) is 6.85 Å². The van der Waals surface area contributed by atoms with Crippen molar-refractivity contribution in [2.75, 3.05) is 14.6 Å². The van der Waals surface area contributed by atoms with Crippen LogP contribution in [0.5, 0.6) is 0 Å². The molecule has 0 aromatic heterocycles. The summed E-state index contributed by atoms with van der Waals surface area (Å²) < 4.78 is 0. The normalized spacial score (nSPS) is 12.5. The van der Waals surface area contributed by atoms with Crippen molar-refractivity contribution in [1.82, 2.24) is 0 Å². The lowest BCUT2D eigenvalue weighted by Crippen LogP contribution is -2.61. The molecule has 0 saturated heterocycles. The van der Waals surface area contributed by atoms with Gasteiger partial charge in [0.25, 0.3) is 0 Å². The van der Waals surface area contributed by atoms with E-state index in [-0.39, 0.29) is 12.3 Å². The van der Waals surface area contributed by atoms with E-state index in [1.807, 2.05) is 0 Å². The van der Waals surface area contributed by atoms with Gasteiger partial charge < -0.3 is 14.6 Å². The molecule has 0 aliphatic carbocycles. The zero-order valence-corrected chi connectivity index (χ0v) is 38.6. The van der Waals surface area contributed by atoms with Gasteiger partial charge in [0.15, 0.2) is 0 Å². The van der Waals surface area contributed by atoms with E-state index in [0.29, 0.717) is 0 Å². The maximum Gasteiger partial charge on any atom is 0.333 e. The Morgan fingerprint density at radius 2 is 0.809 bits per heavy atom. The van der Waals surface area contributed by atoms with Crippen LogP contribution in [0.2, 0.25) is 0 Å². The largest absolute Gasteiger partial charge is 0.376 e. The molecule has 0 radical (unpaired) electrons. The molecule has 0 N–H and O–H groups in total. The smallest absolute Gasteiger partial charge is 0.333 e. The molecule has 2 aliphatic rings. The summed E-state index contributed by atoms with van der Waals surface area (Å²) in [6, 6.07) is 91.3. The molecular formula is C64H50BN3. The zero-order chi connectivity index (χ0) is 45.8. The van der Waals surface area contributed by atoms with Crippen LogP contribution in [-0.2, 0) is 5.41 Å². The highest BCUT2D eigenvalue weighted by molar-refractivity contribution is 6.93. The Labute approximate surface area is 401 Å². The molecule has 4 heteroatoms. The lowest BCUT2D eigenvalue weighted by molar-refractivity contribution is 0.590. The van der Waals surface area contributed by atoms with E-state index in [0.717, 1.165) is 28.4 Å². The molecule has 12 rings (SSSR count).